The molecule has 0 radical (unpaired) electrons. The second kappa shape index (κ2) is 2.84. The highest BCUT2D eigenvalue weighted by Crippen LogP contribution is 2.11. The lowest BCUT2D eigenvalue weighted by Gasteiger charge is -2.09. The lowest BCUT2D eigenvalue weighted by molar-refractivity contribution is -0.140. The number of imide groups is 1. The zero-order chi connectivity index (χ0) is 8.43. The predicted octanol–water partition coefficient (Wildman–Crippen LogP) is -0.708. The van der Waals surface area contributed by atoms with E-state index in [2.05, 4.69) is 6.58 Å². The third-order valence-electron chi connectivity index (χ3n) is 1.53. The number of aliphatic hydroxyl groups is 1. The van der Waals surface area contributed by atoms with Crippen LogP contribution in [-0.2, 0) is 9.59 Å². The van der Waals surface area contributed by atoms with Crippen LogP contribution < -0.4 is 0 Å². The van der Waals surface area contributed by atoms with Crippen molar-refractivity contribution in [1.82, 2.24) is 4.90 Å². The lowest BCUT2D eigenvalue weighted by atomic mass is 10.3. The summed E-state index contributed by atoms with van der Waals surface area (Å²) in [5.74, 6) is -0.850. The SMILES string of the molecule is C=CCN1C(=O)C[C@@H](O)C1=O. The first-order valence-corrected chi connectivity index (χ1v) is 3.30. The Labute approximate surface area is 64.1 Å². The van der Waals surface area contributed by atoms with Crippen molar-refractivity contribution in [1.29, 1.82) is 0 Å². The van der Waals surface area contributed by atoms with Crippen LogP contribution in [0, 0.1) is 0 Å². The maximum absolute atomic E-state index is 10.9. The fraction of sp³-hybridized carbons (Fsp3) is 0.429. The number of hydrogen-bond acceptors (Lipinski definition) is 3. The molecule has 1 rings (SSSR count). The quantitative estimate of drug-likeness (QED) is 0.423. The molecule has 0 aromatic carbocycles. The van der Waals surface area contributed by atoms with Crippen molar-refractivity contribution in [2.45, 2.75) is 12.5 Å². The molecule has 4 heteroatoms. The molecular weight excluding hydrogens is 146 g/mol. The van der Waals surface area contributed by atoms with Gasteiger partial charge >= 0.3 is 0 Å². The summed E-state index contributed by atoms with van der Waals surface area (Å²) in [6.45, 7) is 3.58. The fourth-order valence-corrected chi connectivity index (χ4v) is 0.987. The molecule has 60 valence electrons. The zero-order valence-corrected chi connectivity index (χ0v) is 5.99. The van der Waals surface area contributed by atoms with Gasteiger partial charge in [-0.15, -0.1) is 6.58 Å². The van der Waals surface area contributed by atoms with Crippen LogP contribution in [0.2, 0.25) is 0 Å². The van der Waals surface area contributed by atoms with Gasteiger partial charge in [0.05, 0.1) is 6.42 Å². The second-order valence-electron chi connectivity index (χ2n) is 2.35. The summed E-state index contributed by atoms with van der Waals surface area (Å²) in [6, 6.07) is 0. The molecule has 11 heavy (non-hydrogen) atoms. The first-order chi connectivity index (χ1) is 5.16. The van der Waals surface area contributed by atoms with Gasteiger partial charge in [0.25, 0.3) is 5.91 Å². The summed E-state index contributed by atoms with van der Waals surface area (Å²) in [4.78, 5) is 22.8. The normalized spacial score (nSPS) is 24.5. The molecule has 4 nitrogen and oxygen atoms in total. The first kappa shape index (κ1) is 7.94. The molecule has 0 spiro atoms. The molecule has 1 aliphatic heterocycles. The van der Waals surface area contributed by atoms with E-state index in [1.54, 1.807) is 0 Å². The second-order valence-corrected chi connectivity index (χ2v) is 2.35. The van der Waals surface area contributed by atoms with Crippen molar-refractivity contribution < 1.29 is 14.7 Å². The Hall–Kier alpha value is -1.16. The van der Waals surface area contributed by atoms with E-state index in [1.807, 2.05) is 0 Å². The molecule has 1 aliphatic rings. The molecule has 1 fully saturated rings. The number of carbonyl (C=O) groups excluding carboxylic acids is 2. The Kier molecular flexibility index (Phi) is 2.05. The fourth-order valence-electron chi connectivity index (χ4n) is 0.987. The molecule has 0 aromatic heterocycles. The lowest BCUT2D eigenvalue weighted by Crippen LogP contribution is -2.31. The van der Waals surface area contributed by atoms with Gasteiger partial charge in [-0.3, -0.25) is 14.5 Å². The molecule has 0 bridgehead atoms. The number of aliphatic hydroxyl groups excluding tert-OH is 1. The van der Waals surface area contributed by atoms with Crippen molar-refractivity contribution in [2.75, 3.05) is 6.54 Å². The van der Waals surface area contributed by atoms with Gasteiger partial charge in [-0.25, -0.2) is 0 Å². The van der Waals surface area contributed by atoms with E-state index < -0.39 is 12.0 Å². The van der Waals surface area contributed by atoms with Gasteiger partial charge in [0.2, 0.25) is 5.91 Å². The summed E-state index contributed by atoms with van der Waals surface area (Å²) in [7, 11) is 0. The topological polar surface area (TPSA) is 57.6 Å². The Morgan fingerprint density at radius 1 is 1.73 bits per heavy atom. The molecule has 0 unspecified atom stereocenters. The van der Waals surface area contributed by atoms with E-state index in [9.17, 15) is 9.59 Å². The largest absolute Gasteiger partial charge is 0.383 e. The number of amides is 2. The Balaban J connectivity index is 2.71. The zero-order valence-electron chi connectivity index (χ0n) is 5.99. The van der Waals surface area contributed by atoms with Gasteiger partial charge in [0.1, 0.15) is 6.10 Å². The van der Waals surface area contributed by atoms with Crippen molar-refractivity contribution in [3.8, 4) is 0 Å². The van der Waals surface area contributed by atoms with E-state index in [0.29, 0.717) is 0 Å². The van der Waals surface area contributed by atoms with Gasteiger partial charge in [0.15, 0.2) is 0 Å². The average molecular weight is 155 g/mol. The third-order valence-corrected chi connectivity index (χ3v) is 1.53. The van der Waals surface area contributed by atoms with Gasteiger partial charge < -0.3 is 5.11 Å². The van der Waals surface area contributed by atoms with E-state index >= 15 is 0 Å². The molecule has 1 saturated heterocycles. The van der Waals surface area contributed by atoms with E-state index in [0.717, 1.165) is 4.90 Å². The minimum Gasteiger partial charge on any atom is -0.383 e. The number of rotatable bonds is 2. The number of carbonyl (C=O) groups is 2. The summed E-state index contributed by atoms with van der Waals surface area (Å²) < 4.78 is 0. The van der Waals surface area contributed by atoms with Crippen LogP contribution in [0.4, 0.5) is 0 Å². The highest BCUT2D eigenvalue weighted by Gasteiger charge is 2.36. The van der Waals surface area contributed by atoms with Crippen molar-refractivity contribution in [2.24, 2.45) is 0 Å². The van der Waals surface area contributed by atoms with Gasteiger partial charge in [0, 0.05) is 6.54 Å². The van der Waals surface area contributed by atoms with Crippen LogP contribution in [-0.4, -0.2) is 34.5 Å². The molecule has 2 amide bonds. The summed E-state index contributed by atoms with van der Waals surface area (Å²) in [5.41, 5.74) is 0. The third kappa shape index (κ3) is 1.30. The monoisotopic (exact) mass is 155 g/mol. The molecule has 1 N–H and O–H groups in total. The molecule has 0 saturated carbocycles. The molecular formula is C7H9NO3. The van der Waals surface area contributed by atoms with Crippen LogP contribution in [0.3, 0.4) is 0 Å². The van der Waals surface area contributed by atoms with E-state index in [-0.39, 0.29) is 18.9 Å². The Morgan fingerprint density at radius 3 is 2.73 bits per heavy atom. The summed E-state index contributed by atoms with van der Waals surface area (Å²) in [5, 5.41) is 8.92. The highest BCUT2D eigenvalue weighted by molar-refractivity contribution is 6.04. The van der Waals surface area contributed by atoms with Crippen LogP contribution in [0.25, 0.3) is 0 Å². The Bertz CT molecular complexity index is 212. The molecule has 1 heterocycles. The maximum Gasteiger partial charge on any atom is 0.258 e. The number of hydrogen-bond donors (Lipinski definition) is 1. The molecule has 1 atom stereocenters. The van der Waals surface area contributed by atoms with Crippen LogP contribution in [0.1, 0.15) is 6.42 Å². The minimum absolute atomic E-state index is 0.0906. The van der Waals surface area contributed by atoms with Gasteiger partial charge in [-0.1, -0.05) is 6.08 Å². The van der Waals surface area contributed by atoms with Crippen LogP contribution in [0.5, 0.6) is 0 Å². The number of nitrogens with zero attached hydrogens (tertiary/aromatic N) is 1. The highest BCUT2D eigenvalue weighted by atomic mass is 16.3. The molecule has 0 aromatic rings. The van der Waals surface area contributed by atoms with Crippen LogP contribution in [0.15, 0.2) is 12.7 Å². The first-order valence-electron chi connectivity index (χ1n) is 3.30. The minimum atomic E-state index is -1.14. The van der Waals surface area contributed by atoms with Gasteiger partial charge in [-0.2, -0.15) is 0 Å². The summed E-state index contributed by atoms with van der Waals surface area (Å²) >= 11 is 0. The van der Waals surface area contributed by atoms with Crippen molar-refractivity contribution >= 4 is 11.8 Å². The van der Waals surface area contributed by atoms with E-state index in [1.165, 1.54) is 6.08 Å². The van der Waals surface area contributed by atoms with E-state index in [4.69, 9.17) is 5.11 Å². The Morgan fingerprint density at radius 2 is 2.36 bits per heavy atom. The van der Waals surface area contributed by atoms with Crippen molar-refractivity contribution in [3.63, 3.8) is 0 Å². The summed E-state index contributed by atoms with van der Waals surface area (Å²) in [6.07, 6.45) is 0.225. The van der Waals surface area contributed by atoms with Gasteiger partial charge in [-0.05, 0) is 0 Å². The average Bonchev–Trinajstić information content (AvgIpc) is 2.17. The standard InChI is InChI=1S/C7H9NO3/c1-2-3-8-6(10)4-5(9)7(8)11/h2,5,9H,1,3-4H2/t5-/m1/s1. The number of likely N-dealkylation sites (tertiary alicyclic amines) is 1. The van der Waals surface area contributed by atoms with Crippen molar-refractivity contribution in [3.05, 3.63) is 12.7 Å². The maximum atomic E-state index is 10.9. The van der Waals surface area contributed by atoms with Crippen LogP contribution >= 0.6 is 0 Å². The molecule has 0 aliphatic carbocycles. The smallest absolute Gasteiger partial charge is 0.258 e. The predicted molar refractivity (Wildman–Crippen MR) is 37.5 cm³/mol.